The van der Waals surface area contributed by atoms with Crippen molar-refractivity contribution in [2.45, 2.75) is 43.0 Å². The summed E-state index contributed by atoms with van der Waals surface area (Å²) in [4.78, 5) is 11.9. The fourth-order valence-corrected chi connectivity index (χ4v) is 4.41. The maximum absolute atomic E-state index is 12.5. The molecule has 2 aliphatic rings. The van der Waals surface area contributed by atoms with E-state index >= 15 is 0 Å². The number of hydrogen-bond acceptors (Lipinski definition) is 4. The Morgan fingerprint density at radius 3 is 2.33 bits per heavy atom. The molecule has 0 radical (unpaired) electrons. The van der Waals surface area contributed by atoms with E-state index in [-0.39, 0.29) is 30.1 Å². The van der Waals surface area contributed by atoms with Gasteiger partial charge >= 0.3 is 0 Å². The van der Waals surface area contributed by atoms with Gasteiger partial charge in [0.1, 0.15) is 0 Å². The van der Waals surface area contributed by atoms with Gasteiger partial charge in [0.05, 0.1) is 11.3 Å². The first-order chi connectivity index (χ1) is 10.9. The number of halogens is 1. The summed E-state index contributed by atoms with van der Waals surface area (Å²) in [5.41, 5.74) is 5.99. The maximum atomic E-state index is 12.5. The molecular formula is C16H24ClN3O3S. The van der Waals surface area contributed by atoms with Gasteiger partial charge in [-0.15, -0.1) is 12.4 Å². The van der Waals surface area contributed by atoms with Crippen LogP contribution in [0.15, 0.2) is 30.3 Å². The zero-order valence-electron chi connectivity index (χ0n) is 13.5. The van der Waals surface area contributed by atoms with E-state index < -0.39 is 15.6 Å². The molecule has 1 aliphatic heterocycles. The molecule has 8 heteroatoms. The second kappa shape index (κ2) is 7.39. The van der Waals surface area contributed by atoms with Gasteiger partial charge in [0.15, 0.2) is 0 Å². The molecule has 1 amide bonds. The Morgan fingerprint density at radius 2 is 1.79 bits per heavy atom. The summed E-state index contributed by atoms with van der Waals surface area (Å²) in [6, 6.07) is 9.21. The number of nitrogens with one attached hydrogen (secondary N) is 1. The zero-order valence-corrected chi connectivity index (χ0v) is 15.1. The Bertz CT molecular complexity index is 669. The third-order valence-corrected chi connectivity index (χ3v) is 6.47. The number of nitrogens with zero attached hydrogens (tertiary/aromatic N) is 1. The minimum atomic E-state index is -3.31. The van der Waals surface area contributed by atoms with Crippen LogP contribution in [0.25, 0.3) is 0 Å². The molecular weight excluding hydrogens is 350 g/mol. The fourth-order valence-electron chi connectivity index (χ4n) is 2.85. The molecule has 24 heavy (non-hydrogen) atoms. The number of carbonyl (C=O) groups excluding carboxylic acids is 1. The number of rotatable bonds is 5. The molecule has 0 unspecified atom stereocenters. The van der Waals surface area contributed by atoms with Gasteiger partial charge < -0.3 is 11.1 Å². The highest BCUT2D eigenvalue weighted by Crippen LogP contribution is 2.32. The molecule has 1 aliphatic carbocycles. The van der Waals surface area contributed by atoms with Crippen LogP contribution in [-0.4, -0.2) is 43.3 Å². The van der Waals surface area contributed by atoms with Crippen LogP contribution in [0.5, 0.6) is 0 Å². The third-order valence-electron chi connectivity index (χ3n) is 4.62. The third kappa shape index (κ3) is 4.47. The van der Waals surface area contributed by atoms with Crippen LogP contribution >= 0.6 is 12.4 Å². The number of carbonyl (C=O) groups is 1. The molecule has 2 fully saturated rings. The predicted octanol–water partition coefficient (Wildman–Crippen LogP) is 1.01. The maximum Gasteiger partial charge on any atom is 0.240 e. The van der Waals surface area contributed by atoms with Crippen molar-refractivity contribution in [2.75, 3.05) is 13.1 Å². The lowest BCUT2D eigenvalue weighted by Gasteiger charge is -2.32. The summed E-state index contributed by atoms with van der Waals surface area (Å²) in [7, 11) is -3.31. The number of amides is 1. The van der Waals surface area contributed by atoms with E-state index in [2.05, 4.69) is 5.32 Å². The first kappa shape index (κ1) is 19.2. The smallest absolute Gasteiger partial charge is 0.240 e. The van der Waals surface area contributed by atoms with Crippen LogP contribution in [0.1, 0.15) is 31.2 Å². The lowest BCUT2D eigenvalue weighted by molar-refractivity contribution is -0.124. The Kier molecular flexibility index (Phi) is 5.91. The Labute approximate surface area is 149 Å². The summed E-state index contributed by atoms with van der Waals surface area (Å²) in [6.45, 7) is 0.884. The number of nitrogens with two attached hydrogens (primary N) is 1. The molecule has 6 nitrogen and oxygen atoms in total. The summed E-state index contributed by atoms with van der Waals surface area (Å²) in [5.74, 6) is -0.0698. The molecule has 3 N–H and O–H groups in total. The highest BCUT2D eigenvalue weighted by Gasteiger charge is 2.46. The molecule has 1 heterocycles. The average molecular weight is 374 g/mol. The minimum absolute atomic E-state index is 0. The normalized spacial score (nSPS) is 20.9. The summed E-state index contributed by atoms with van der Waals surface area (Å²) < 4.78 is 26.5. The first-order valence-corrected chi connectivity index (χ1v) is 9.62. The van der Waals surface area contributed by atoms with Crippen LogP contribution in [0, 0.1) is 0 Å². The summed E-state index contributed by atoms with van der Waals surface area (Å²) >= 11 is 0. The van der Waals surface area contributed by atoms with E-state index in [9.17, 15) is 13.2 Å². The van der Waals surface area contributed by atoms with Gasteiger partial charge in [-0.3, -0.25) is 4.79 Å². The quantitative estimate of drug-likeness (QED) is 0.805. The largest absolute Gasteiger partial charge is 0.352 e. The van der Waals surface area contributed by atoms with E-state index in [1.807, 2.05) is 30.3 Å². The van der Waals surface area contributed by atoms with Gasteiger partial charge in [0, 0.05) is 19.1 Å². The van der Waals surface area contributed by atoms with E-state index in [4.69, 9.17) is 5.73 Å². The summed E-state index contributed by atoms with van der Waals surface area (Å²) in [5, 5.41) is 2.96. The molecule has 0 aromatic heterocycles. The van der Waals surface area contributed by atoms with E-state index in [0.717, 1.165) is 18.4 Å². The van der Waals surface area contributed by atoms with Gasteiger partial charge in [-0.1, -0.05) is 30.3 Å². The SMILES string of the molecule is Cl.NC1(C(=O)NC2CCN(S(=O)(=O)Cc3ccccc3)CC2)CC1. The van der Waals surface area contributed by atoms with Crippen molar-refractivity contribution in [3.63, 3.8) is 0 Å². The Balaban J connectivity index is 0.00000208. The van der Waals surface area contributed by atoms with Gasteiger partial charge in [-0.05, 0) is 31.2 Å². The van der Waals surface area contributed by atoms with Gasteiger partial charge in [0.25, 0.3) is 0 Å². The molecule has 134 valence electrons. The van der Waals surface area contributed by atoms with Crippen molar-refractivity contribution in [2.24, 2.45) is 5.73 Å². The van der Waals surface area contributed by atoms with Crippen molar-refractivity contribution < 1.29 is 13.2 Å². The molecule has 1 aromatic rings. The lowest BCUT2D eigenvalue weighted by atomic mass is 10.1. The second-order valence-corrected chi connectivity index (χ2v) is 8.51. The minimum Gasteiger partial charge on any atom is -0.352 e. The first-order valence-electron chi connectivity index (χ1n) is 8.01. The van der Waals surface area contributed by atoms with Gasteiger partial charge in [-0.25, -0.2) is 12.7 Å². The number of hydrogen-bond donors (Lipinski definition) is 2. The highest BCUT2D eigenvalue weighted by molar-refractivity contribution is 7.88. The van der Waals surface area contributed by atoms with Crippen molar-refractivity contribution in [3.05, 3.63) is 35.9 Å². The molecule has 3 rings (SSSR count). The van der Waals surface area contributed by atoms with E-state index in [1.54, 1.807) is 0 Å². The molecule has 0 atom stereocenters. The molecule has 1 aromatic carbocycles. The Hall–Kier alpha value is -1.15. The van der Waals surface area contributed by atoms with Crippen molar-refractivity contribution >= 4 is 28.3 Å². The topological polar surface area (TPSA) is 92.5 Å². The van der Waals surface area contributed by atoms with Crippen LogP contribution in [0.2, 0.25) is 0 Å². The summed E-state index contributed by atoms with van der Waals surface area (Å²) in [6.07, 6.45) is 2.75. The van der Waals surface area contributed by atoms with Crippen molar-refractivity contribution in [3.8, 4) is 0 Å². The van der Waals surface area contributed by atoms with Crippen LogP contribution in [-0.2, 0) is 20.6 Å². The lowest BCUT2D eigenvalue weighted by Crippen LogP contribution is -2.51. The number of benzene rings is 1. The fraction of sp³-hybridized carbons (Fsp3) is 0.562. The monoisotopic (exact) mass is 373 g/mol. The number of piperidine rings is 1. The van der Waals surface area contributed by atoms with Crippen LogP contribution in [0.3, 0.4) is 0 Å². The van der Waals surface area contributed by atoms with Gasteiger partial charge in [-0.2, -0.15) is 0 Å². The predicted molar refractivity (Wildman–Crippen MR) is 95.2 cm³/mol. The molecule has 1 saturated heterocycles. The van der Waals surface area contributed by atoms with Gasteiger partial charge in [0.2, 0.25) is 15.9 Å². The number of sulfonamides is 1. The zero-order chi connectivity index (χ0) is 16.5. The standard InChI is InChI=1S/C16H23N3O3S.ClH/c17-16(8-9-16)15(20)18-14-6-10-19(11-7-14)23(21,22)12-13-4-2-1-3-5-13;/h1-5,14H,6-12,17H2,(H,18,20);1H. The molecule has 0 spiro atoms. The molecule has 1 saturated carbocycles. The van der Waals surface area contributed by atoms with Crippen LogP contribution < -0.4 is 11.1 Å². The van der Waals surface area contributed by atoms with Crippen molar-refractivity contribution in [1.82, 2.24) is 9.62 Å². The Morgan fingerprint density at radius 1 is 1.21 bits per heavy atom. The van der Waals surface area contributed by atoms with Crippen molar-refractivity contribution in [1.29, 1.82) is 0 Å². The van der Waals surface area contributed by atoms with E-state index in [0.29, 0.717) is 25.9 Å². The molecule has 0 bridgehead atoms. The van der Waals surface area contributed by atoms with E-state index in [1.165, 1.54) is 4.31 Å². The highest BCUT2D eigenvalue weighted by atomic mass is 35.5. The second-order valence-electron chi connectivity index (χ2n) is 6.54. The van der Waals surface area contributed by atoms with Crippen LogP contribution in [0.4, 0.5) is 0 Å². The average Bonchev–Trinajstić information content (AvgIpc) is 3.28.